The molecule has 2 fully saturated rings. The van der Waals surface area contributed by atoms with Crippen LogP contribution in [0.4, 0.5) is 5.13 Å². The number of carbonyl (C=O) groups is 2. The van der Waals surface area contributed by atoms with E-state index in [1.54, 1.807) is 0 Å². The van der Waals surface area contributed by atoms with Crippen LogP contribution in [0.5, 0.6) is 0 Å². The predicted molar refractivity (Wildman–Crippen MR) is 99.7 cm³/mol. The first-order valence-electron chi connectivity index (χ1n) is 9.14. The lowest BCUT2D eigenvalue weighted by molar-refractivity contribution is -0.129. The fourth-order valence-corrected chi connectivity index (χ4v) is 4.86. The second-order valence-corrected chi connectivity index (χ2v) is 8.08. The van der Waals surface area contributed by atoms with Gasteiger partial charge in [-0.2, -0.15) is 0 Å². The van der Waals surface area contributed by atoms with Gasteiger partial charge in [-0.3, -0.25) is 9.59 Å². The van der Waals surface area contributed by atoms with Crippen molar-refractivity contribution in [2.75, 3.05) is 11.9 Å². The van der Waals surface area contributed by atoms with Crippen molar-refractivity contribution in [2.24, 2.45) is 5.92 Å². The largest absolute Gasteiger partial charge is 0.339 e. The molecule has 0 radical (unpaired) electrons. The second kappa shape index (κ2) is 6.75. The number of likely N-dealkylation sites (tertiary alicyclic amines) is 1. The van der Waals surface area contributed by atoms with E-state index < -0.39 is 0 Å². The van der Waals surface area contributed by atoms with Gasteiger partial charge in [0, 0.05) is 19.0 Å². The van der Waals surface area contributed by atoms with Crippen LogP contribution < -0.4 is 5.32 Å². The molecule has 2 amide bonds. The third kappa shape index (κ3) is 3.27. The molecule has 2 heterocycles. The molecule has 25 heavy (non-hydrogen) atoms. The third-order valence-corrected chi connectivity index (χ3v) is 6.32. The van der Waals surface area contributed by atoms with Gasteiger partial charge in [0.15, 0.2) is 5.13 Å². The molecule has 0 bridgehead atoms. The van der Waals surface area contributed by atoms with Crippen molar-refractivity contribution < 1.29 is 9.59 Å². The van der Waals surface area contributed by atoms with Gasteiger partial charge in [0.25, 0.3) is 0 Å². The molecule has 1 N–H and O–H groups in total. The number of thiazole rings is 1. The number of nitrogens with one attached hydrogen (secondary N) is 1. The Labute approximate surface area is 151 Å². The number of fused-ring (bicyclic) bond motifs is 1. The highest BCUT2D eigenvalue weighted by atomic mass is 32.1. The van der Waals surface area contributed by atoms with Gasteiger partial charge in [0.1, 0.15) is 0 Å². The summed E-state index contributed by atoms with van der Waals surface area (Å²) in [5.74, 6) is -0.209. The van der Waals surface area contributed by atoms with Gasteiger partial charge in [0.05, 0.1) is 16.1 Å². The SMILES string of the molecule is CCc1ccc2nc(NC(=O)[C@@H]3CC(=O)N(C4CCCC4)C3)sc2c1. The number of rotatable bonds is 4. The highest BCUT2D eigenvalue weighted by molar-refractivity contribution is 7.22. The van der Waals surface area contributed by atoms with Gasteiger partial charge in [-0.15, -0.1) is 0 Å². The molecular formula is C19H23N3O2S. The molecule has 5 nitrogen and oxygen atoms in total. The van der Waals surface area contributed by atoms with Crippen LogP contribution in [-0.2, 0) is 16.0 Å². The number of aryl methyl sites for hydroxylation is 1. The molecule has 2 aliphatic rings. The minimum absolute atomic E-state index is 0.0800. The summed E-state index contributed by atoms with van der Waals surface area (Å²) in [5.41, 5.74) is 2.18. The molecule has 1 atom stereocenters. The second-order valence-electron chi connectivity index (χ2n) is 7.05. The van der Waals surface area contributed by atoms with Gasteiger partial charge in [-0.05, 0) is 37.0 Å². The van der Waals surface area contributed by atoms with E-state index in [-0.39, 0.29) is 17.7 Å². The van der Waals surface area contributed by atoms with E-state index in [9.17, 15) is 9.59 Å². The number of carbonyl (C=O) groups excluding carboxylic acids is 2. The van der Waals surface area contributed by atoms with Crippen LogP contribution in [0.15, 0.2) is 18.2 Å². The van der Waals surface area contributed by atoms with Crippen molar-refractivity contribution in [3.63, 3.8) is 0 Å². The molecule has 4 rings (SSSR count). The zero-order valence-corrected chi connectivity index (χ0v) is 15.3. The molecule has 1 aliphatic heterocycles. The summed E-state index contributed by atoms with van der Waals surface area (Å²) in [6.45, 7) is 2.68. The summed E-state index contributed by atoms with van der Waals surface area (Å²) >= 11 is 1.50. The van der Waals surface area contributed by atoms with Crippen LogP contribution in [0, 0.1) is 5.92 Å². The quantitative estimate of drug-likeness (QED) is 0.909. The van der Waals surface area contributed by atoms with Crippen molar-refractivity contribution in [1.29, 1.82) is 0 Å². The standard InChI is InChI=1S/C19H23N3O2S/c1-2-12-7-8-15-16(9-12)25-19(20-15)21-18(24)13-10-17(23)22(11-13)14-5-3-4-6-14/h7-9,13-14H,2-6,10-11H2,1H3,(H,20,21,24)/t13-/m1/s1. The number of hydrogen-bond donors (Lipinski definition) is 1. The molecule has 1 saturated heterocycles. The Hall–Kier alpha value is -1.95. The topological polar surface area (TPSA) is 62.3 Å². The first-order valence-corrected chi connectivity index (χ1v) is 9.95. The summed E-state index contributed by atoms with van der Waals surface area (Å²) in [5, 5.41) is 3.56. The van der Waals surface area contributed by atoms with Crippen molar-refractivity contribution in [2.45, 2.75) is 51.5 Å². The Morgan fingerprint density at radius 2 is 2.16 bits per heavy atom. The molecule has 0 unspecified atom stereocenters. The highest BCUT2D eigenvalue weighted by Crippen LogP contribution is 2.31. The molecule has 1 aliphatic carbocycles. The predicted octanol–water partition coefficient (Wildman–Crippen LogP) is 3.59. The van der Waals surface area contributed by atoms with Crippen molar-refractivity contribution >= 4 is 38.5 Å². The number of nitrogens with zero attached hydrogens (tertiary/aromatic N) is 2. The average Bonchev–Trinajstić information content (AvgIpc) is 3.32. The van der Waals surface area contributed by atoms with Crippen molar-refractivity contribution in [3.8, 4) is 0 Å². The highest BCUT2D eigenvalue weighted by Gasteiger charge is 2.38. The number of aromatic nitrogens is 1. The molecule has 1 aromatic carbocycles. The summed E-state index contributed by atoms with van der Waals surface area (Å²) in [7, 11) is 0. The van der Waals surface area contributed by atoms with E-state index in [0.717, 1.165) is 29.5 Å². The molecule has 2 aromatic rings. The van der Waals surface area contributed by atoms with Crippen molar-refractivity contribution in [3.05, 3.63) is 23.8 Å². The van der Waals surface area contributed by atoms with Gasteiger partial charge in [0.2, 0.25) is 11.8 Å². The first kappa shape index (κ1) is 16.5. The molecular weight excluding hydrogens is 334 g/mol. The molecule has 1 saturated carbocycles. The molecule has 132 valence electrons. The first-order chi connectivity index (χ1) is 12.1. The number of amides is 2. The lowest BCUT2D eigenvalue weighted by Gasteiger charge is -2.23. The Morgan fingerprint density at radius 3 is 2.92 bits per heavy atom. The van der Waals surface area contributed by atoms with E-state index in [1.807, 2.05) is 11.0 Å². The monoisotopic (exact) mass is 357 g/mol. The minimum Gasteiger partial charge on any atom is -0.339 e. The fraction of sp³-hybridized carbons (Fsp3) is 0.526. The lowest BCUT2D eigenvalue weighted by atomic mass is 10.1. The van der Waals surface area contributed by atoms with Gasteiger partial charge >= 0.3 is 0 Å². The Kier molecular flexibility index (Phi) is 4.46. The van der Waals surface area contributed by atoms with Crippen LogP contribution in [-0.4, -0.2) is 34.3 Å². The van der Waals surface area contributed by atoms with E-state index in [4.69, 9.17) is 0 Å². The van der Waals surface area contributed by atoms with Crippen LogP contribution in [0.2, 0.25) is 0 Å². The van der Waals surface area contributed by atoms with E-state index in [1.165, 1.54) is 29.7 Å². The number of anilines is 1. The fourth-order valence-electron chi connectivity index (χ4n) is 3.93. The minimum atomic E-state index is -0.258. The van der Waals surface area contributed by atoms with Crippen LogP contribution in [0.1, 0.15) is 44.6 Å². The van der Waals surface area contributed by atoms with Gasteiger partial charge < -0.3 is 10.2 Å². The Balaban J connectivity index is 1.44. The molecule has 0 spiro atoms. The van der Waals surface area contributed by atoms with Crippen LogP contribution in [0.25, 0.3) is 10.2 Å². The maximum absolute atomic E-state index is 12.6. The maximum Gasteiger partial charge on any atom is 0.231 e. The number of hydrogen-bond acceptors (Lipinski definition) is 4. The summed E-state index contributed by atoms with van der Waals surface area (Å²) in [4.78, 5) is 31.3. The molecule has 1 aromatic heterocycles. The van der Waals surface area contributed by atoms with E-state index in [2.05, 4.69) is 29.4 Å². The van der Waals surface area contributed by atoms with Gasteiger partial charge in [-0.1, -0.05) is 37.2 Å². The Morgan fingerprint density at radius 1 is 1.36 bits per heavy atom. The summed E-state index contributed by atoms with van der Waals surface area (Å²) in [6.07, 6.45) is 5.85. The summed E-state index contributed by atoms with van der Waals surface area (Å²) < 4.78 is 1.09. The van der Waals surface area contributed by atoms with E-state index in [0.29, 0.717) is 24.1 Å². The van der Waals surface area contributed by atoms with Crippen molar-refractivity contribution in [1.82, 2.24) is 9.88 Å². The van der Waals surface area contributed by atoms with Crippen LogP contribution in [0.3, 0.4) is 0 Å². The average molecular weight is 357 g/mol. The molecule has 6 heteroatoms. The number of benzene rings is 1. The normalized spacial score (nSPS) is 21.4. The smallest absolute Gasteiger partial charge is 0.231 e. The zero-order chi connectivity index (χ0) is 17.4. The lowest BCUT2D eigenvalue weighted by Crippen LogP contribution is -2.35. The maximum atomic E-state index is 12.6. The zero-order valence-electron chi connectivity index (χ0n) is 14.5. The van der Waals surface area contributed by atoms with E-state index >= 15 is 0 Å². The third-order valence-electron chi connectivity index (χ3n) is 5.39. The van der Waals surface area contributed by atoms with Crippen LogP contribution >= 0.6 is 11.3 Å². The Bertz CT molecular complexity index is 810. The van der Waals surface area contributed by atoms with Gasteiger partial charge in [-0.25, -0.2) is 4.98 Å². The summed E-state index contributed by atoms with van der Waals surface area (Å²) in [6, 6.07) is 6.55.